The zero-order valence-electron chi connectivity index (χ0n) is 24.8. The maximum absolute atomic E-state index is 12.4. The minimum Gasteiger partial charge on any atom is -0.494 e. The molecule has 8 nitrogen and oxygen atoms in total. The Labute approximate surface area is 245 Å². The molecule has 0 atom stereocenters. The molecule has 224 valence electrons. The molecule has 0 spiro atoms. The summed E-state index contributed by atoms with van der Waals surface area (Å²) < 4.78 is 10.9. The highest BCUT2D eigenvalue weighted by atomic mass is 16.5. The molecule has 0 aliphatic carbocycles. The molecule has 0 radical (unpaired) electrons. The predicted octanol–water partition coefficient (Wildman–Crippen LogP) is 6.96. The number of carbonyl (C=O) groups is 3. The van der Waals surface area contributed by atoms with Crippen LogP contribution in [-0.2, 0) is 9.59 Å². The number of hydrazone groups is 1. The second-order valence-electron chi connectivity index (χ2n) is 10.2. The molecule has 0 aromatic heterocycles. The van der Waals surface area contributed by atoms with Crippen LogP contribution >= 0.6 is 0 Å². The van der Waals surface area contributed by atoms with Crippen LogP contribution in [0.5, 0.6) is 11.5 Å². The maximum Gasteiger partial charge on any atom is 0.343 e. The van der Waals surface area contributed by atoms with E-state index in [4.69, 9.17) is 9.47 Å². The number of hydrogen-bond donors (Lipinski definition) is 2. The number of carbonyl (C=O) groups excluding carboxylic acids is 3. The van der Waals surface area contributed by atoms with E-state index in [0.717, 1.165) is 25.7 Å². The number of unbranched alkanes of at least 4 members (excludes halogenated alkanes) is 10. The van der Waals surface area contributed by atoms with Gasteiger partial charge < -0.3 is 14.8 Å². The van der Waals surface area contributed by atoms with E-state index in [2.05, 4.69) is 22.8 Å². The molecule has 0 saturated carbocycles. The molecular weight excluding hydrogens is 518 g/mol. The van der Waals surface area contributed by atoms with Gasteiger partial charge in [-0.25, -0.2) is 10.2 Å². The van der Waals surface area contributed by atoms with E-state index >= 15 is 0 Å². The lowest BCUT2D eigenvalue weighted by atomic mass is 10.1. The van der Waals surface area contributed by atoms with E-state index < -0.39 is 11.9 Å². The van der Waals surface area contributed by atoms with E-state index in [9.17, 15) is 14.4 Å². The number of ether oxygens (including phenoxy) is 2. The van der Waals surface area contributed by atoms with Gasteiger partial charge in [0, 0.05) is 6.42 Å². The highest BCUT2D eigenvalue weighted by molar-refractivity contribution is 5.91. The Hall–Kier alpha value is -3.68. The van der Waals surface area contributed by atoms with Crippen molar-refractivity contribution in [2.75, 3.05) is 13.2 Å². The topological polar surface area (TPSA) is 106 Å². The van der Waals surface area contributed by atoms with Crippen LogP contribution in [0.4, 0.5) is 0 Å². The van der Waals surface area contributed by atoms with Gasteiger partial charge in [-0.2, -0.15) is 5.10 Å². The van der Waals surface area contributed by atoms with Gasteiger partial charge in [-0.1, -0.05) is 78.1 Å². The Kier molecular flexibility index (Phi) is 17.3. The summed E-state index contributed by atoms with van der Waals surface area (Å²) >= 11 is 0. The SMILES string of the molecule is CCCCCCCCCCCCCC(=O)NCC(=O)N/N=C\c1ccc(OC(=O)c2ccc(OCCC)cc2)cc1. The van der Waals surface area contributed by atoms with Gasteiger partial charge in [0.05, 0.1) is 24.9 Å². The van der Waals surface area contributed by atoms with E-state index in [1.807, 2.05) is 6.92 Å². The van der Waals surface area contributed by atoms with Crippen LogP contribution in [0.2, 0.25) is 0 Å². The summed E-state index contributed by atoms with van der Waals surface area (Å²) in [5, 5.41) is 6.56. The molecule has 0 fully saturated rings. The summed E-state index contributed by atoms with van der Waals surface area (Å²) in [5.74, 6) is 0.117. The van der Waals surface area contributed by atoms with Crippen molar-refractivity contribution >= 4 is 24.0 Å². The van der Waals surface area contributed by atoms with Crippen LogP contribution in [-0.4, -0.2) is 37.1 Å². The Bertz CT molecular complexity index is 1050. The number of amides is 2. The van der Waals surface area contributed by atoms with Crippen molar-refractivity contribution in [2.45, 2.75) is 97.3 Å². The lowest BCUT2D eigenvalue weighted by molar-refractivity contribution is -0.126. The summed E-state index contributed by atoms with van der Waals surface area (Å²) in [6, 6.07) is 13.5. The molecule has 0 saturated heterocycles. The molecule has 2 aromatic rings. The Balaban J connectivity index is 1.56. The molecule has 0 bridgehead atoms. The van der Waals surface area contributed by atoms with Crippen LogP contribution in [0.1, 0.15) is 113 Å². The van der Waals surface area contributed by atoms with Crippen LogP contribution < -0.4 is 20.2 Å². The molecule has 8 heteroatoms. The fraction of sp³-hybridized carbons (Fsp3) is 0.515. The minimum absolute atomic E-state index is 0.116. The number of nitrogens with one attached hydrogen (secondary N) is 2. The van der Waals surface area contributed by atoms with Crippen molar-refractivity contribution in [3.05, 3.63) is 59.7 Å². The number of rotatable bonds is 21. The third-order valence-electron chi connectivity index (χ3n) is 6.51. The fourth-order valence-corrected chi connectivity index (χ4v) is 4.13. The Morgan fingerprint density at radius 1 is 0.707 bits per heavy atom. The van der Waals surface area contributed by atoms with Gasteiger partial charge in [0.1, 0.15) is 11.5 Å². The van der Waals surface area contributed by atoms with Crippen molar-refractivity contribution in [1.29, 1.82) is 0 Å². The largest absolute Gasteiger partial charge is 0.494 e. The predicted molar refractivity (Wildman–Crippen MR) is 163 cm³/mol. The molecular formula is C33H47N3O5. The average Bonchev–Trinajstić information content (AvgIpc) is 2.99. The monoisotopic (exact) mass is 565 g/mol. The Morgan fingerprint density at radius 3 is 1.90 bits per heavy atom. The first kappa shape index (κ1) is 33.5. The lowest BCUT2D eigenvalue weighted by Gasteiger charge is -2.07. The van der Waals surface area contributed by atoms with Crippen molar-refractivity contribution in [1.82, 2.24) is 10.7 Å². The van der Waals surface area contributed by atoms with Gasteiger partial charge in [0.2, 0.25) is 5.91 Å². The number of hydrogen-bond acceptors (Lipinski definition) is 6. The minimum atomic E-state index is -0.466. The first-order chi connectivity index (χ1) is 20.0. The van der Waals surface area contributed by atoms with Crippen LogP contribution in [0.15, 0.2) is 53.6 Å². The molecule has 2 N–H and O–H groups in total. The lowest BCUT2D eigenvalue weighted by Crippen LogP contribution is -2.34. The quantitative estimate of drug-likeness (QED) is 0.0559. The normalized spacial score (nSPS) is 10.9. The van der Waals surface area contributed by atoms with Gasteiger partial charge in [0.25, 0.3) is 5.91 Å². The zero-order chi connectivity index (χ0) is 29.5. The molecule has 0 aliphatic rings. The number of esters is 1. The maximum atomic E-state index is 12.4. The van der Waals surface area contributed by atoms with Crippen molar-refractivity contribution in [3.63, 3.8) is 0 Å². The van der Waals surface area contributed by atoms with Gasteiger partial charge in [-0.05, 0) is 66.9 Å². The average molecular weight is 566 g/mol. The van der Waals surface area contributed by atoms with Gasteiger partial charge in [-0.3, -0.25) is 9.59 Å². The molecule has 2 rings (SSSR count). The summed E-state index contributed by atoms with van der Waals surface area (Å²) in [6.45, 7) is 4.78. The molecule has 41 heavy (non-hydrogen) atoms. The highest BCUT2D eigenvalue weighted by Gasteiger charge is 2.09. The van der Waals surface area contributed by atoms with E-state index in [1.165, 1.54) is 57.6 Å². The van der Waals surface area contributed by atoms with Crippen molar-refractivity contribution in [2.24, 2.45) is 5.10 Å². The van der Waals surface area contributed by atoms with Crippen LogP contribution in [0.3, 0.4) is 0 Å². The van der Waals surface area contributed by atoms with E-state index in [1.54, 1.807) is 48.5 Å². The molecule has 0 heterocycles. The Morgan fingerprint density at radius 2 is 1.29 bits per heavy atom. The van der Waals surface area contributed by atoms with Gasteiger partial charge >= 0.3 is 5.97 Å². The summed E-state index contributed by atoms with van der Waals surface area (Å²) in [5.41, 5.74) is 3.54. The second kappa shape index (κ2) is 21.1. The van der Waals surface area contributed by atoms with E-state index in [0.29, 0.717) is 35.7 Å². The van der Waals surface area contributed by atoms with Crippen molar-refractivity contribution < 1.29 is 23.9 Å². The smallest absolute Gasteiger partial charge is 0.343 e. The third kappa shape index (κ3) is 15.6. The summed E-state index contributed by atoms with van der Waals surface area (Å²) in [6.07, 6.45) is 16.4. The molecule has 0 aliphatic heterocycles. The van der Waals surface area contributed by atoms with Crippen molar-refractivity contribution in [3.8, 4) is 11.5 Å². The first-order valence-corrected chi connectivity index (χ1v) is 15.2. The van der Waals surface area contributed by atoms with Gasteiger partial charge in [-0.15, -0.1) is 0 Å². The van der Waals surface area contributed by atoms with Gasteiger partial charge in [0.15, 0.2) is 0 Å². The van der Waals surface area contributed by atoms with E-state index in [-0.39, 0.29) is 12.5 Å². The number of benzene rings is 2. The fourth-order valence-electron chi connectivity index (χ4n) is 4.13. The van der Waals surface area contributed by atoms with Crippen LogP contribution in [0, 0.1) is 0 Å². The molecule has 0 unspecified atom stereocenters. The summed E-state index contributed by atoms with van der Waals surface area (Å²) in [7, 11) is 0. The number of nitrogens with zero attached hydrogens (tertiary/aromatic N) is 1. The zero-order valence-corrected chi connectivity index (χ0v) is 24.8. The molecule has 2 amide bonds. The standard InChI is InChI=1S/C33H47N3O5/c1-3-5-6-7-8-9-10-11-12-13-14-15-31(37)34-26-32(38)36-35-25-27-16-20-30(21-17-27)41-33(39)28-18-22-29(23-19-28)40-24-4-2/h16-23,25H,3-15,24,26H2,1-2H3,(H,34,37)(H,36,38)/b35-25-. The molecule has 2 aromatic carbocycles. The summed E-state index contributed by atoms with van der Waals surface area (Å²) in [4.78, 5) is 36.3. The third-order valence-corrected chi connectivity index (χ3v) is 6.51. The second-order valence-corrected chi connectivity index (χ2v) is 10.2. The highest BCUT2D eigenvalue weighted by Crippen LogP contribution is 2.17. The van der Waals surface area contributed by atoms with Crippen LogP contribution in [0.25, 0.3) is 0 Å². The first-order valence-electron chi connectivity index (χ1n) is 15.2.